The van der Waals surface area contributed by atoms with Gasteiger partial charge in [-0.1, -0.05) is 17.3 Å². The van der Waals surface area contributed by atoms with E-state index in [-0.39, 0.29) is 5.91 Å². The summed E-state index contributed by atoms with van der Waals surface area (Å²) in [7, 11) is 0. The number of hydrogen-bond acceptors (Lipinski definition) is 5. The third-order valence-corrected chi connectivity index (χ3v) is 3.97. The van der Waals surface area contributed by atoms with Gasteiger partial charge in [-0.15, -0.1) is 11.3 Å². The number of aromatic nitrogens is 1. The first-order valence-corrected chi connectivity index (χ1v) is 7.07. The van der Waals surface area contributed by atoms with Gasteiger partial charge in [0.1, 0.15) is 11.5 Å². The van der Waals surface area contributed by atoms with Gasteiger partial charge in [-0.25, -0.2) is 4.98 Å². The van der Waals surface area contributed by atoms with E-state index < -0.39 is 5.60 Å². The van der Waals surface area contributed by atoms with Gasteiger partial charge >= 0.3 is 0 Å². The van der Waals surface area contributed by atoms with Crippen LogP contribution in [0.15, 0.2) is 47.1 Å². The van der Waals surface area contributed by atoms with Crippen molar-refractivity contribution in [3.63, 3.8) is 0 Å². The number of hydrogen-bond donors (Lipinski definition) is 1. The lowest BCUT2D eigenvalue weighted by Gasteiger charge is -2.19. The monoisotopic (exact) mass is 287 g/mol. The lowest BCUT2D eigenvalue weighted by Crippen LogP contribution is -2.40. The number of carbonyl (C=O) groups is 1. The van der Waals surface area contributed by atoms with Crippen molar-refractivity contribution in [1.82, 2.24) is 4.98 Å². The predicted molar refractivity (Wildman–Crippen MR) is 77.8 cm³/mol. The zero-order valence-electron chi connectivity index (χ0n) is 10.9. The molecule has 0 bridgehead atoms. The van der Waals surface area contributed by atoms with Gasteiger partial charge in [-0.3, -0.25) is 4.79 Å². The molecular formula is C14H13N3O2S. The molecule has 0 saturated heterocycles. The minimum absolute atomic E-state index is 0.244. The highest BCUT2D eigenvalue weighted by Crippen LogP contribution is 2.29. The Hall–Kier alpha value is -2.21. The number of anilines is 1. The van der Waals surface area contributed by atoms with Crippen molar-refractivity contribution in [2.24, 2.45) is 5.16 Å². The molecular weight excluding hydrogens is 274 g/mol. The molecule has 3 rings (SSSR count). The summed E-state index contributed by atoms with van der Waals surface area (Å²) >= 11 is 1.58. The quantitative estimate of drug-likeness (QED) is 0.944. The van der Waals surface area contributed by atoms with Crippen LogP contribution in [0, 0.1) is 0 Å². The highest BCUT2D eigenvalue weighted by atomic mass is 32.1. The SMILES string of the molecule is C[C@]1(C(=O)Nc2ccccn2)CC(c2cccs2)=NO1. The van der Waals surface area contributed by atoms with Crippen molar-refractivity contribution >= 4 is 28.8 Å². The number of thiophene rings is 1. The summed E-state index contributed by atoms with van der Waals surface area (Å²) in [5.41, 5.74) is -0.185. The second kappa shape index (κ2) is 5.05. The number of carbonyl (C=O) groups excluding carboxylic acids is 1. The Balaban J connectivity index is 1.70. The van der Waals surface area contributed by atoms with E-state index in [4.69, 9.17) is 4.84 Å². The molecule has 0 aromatic carbocycles. The van der Waals surface area contributed by atoms with Crippen LogP contribution < -0.4 is 5.32 Å². The van der Waals surface area contributed by atoms with Crippen LogP contribution >= 0.6 is 11.3 Å². The van der Waals surface area contributed by atoms with Crippen molar-refractivity contribution in [3.8, 4) is 0 Å². The van der Waals surface area contributed by atoms with Gasteiger partial charge in [0.15, 0.2) is 0 Å². The molecule has 102 valence electrons. The Bertz CT molecular complexity index is 640. The summed E-state index contributed by atoms with van der Waals surface area (Å²) in [6, 6.07) is 9.26. The molecule has 1 amide bonds. The third-order valence-electron chi connectivity index (χ3n) is 3.05. The first kappa shape index (κ1) is 12.8. The number of pyridine rings is 1. The Kier molecular flexibility index (Phi) is 3.23. The molecule has 3 heterocycles. The van der Waals surface area contributed by atoms with Crippen LogP contribution in [-0.4, -0.2) is 22.2 Å². The normalized spacial score (nSPS) is 21.1. The van der Waals surface area contributed by atoms with Gasteiger partial charge in [-0.2, -0.15) is 0 Å². The number of nitrogens with zero attached hydrogens (tertiary/aromatic N) is 2. The number of amides is 1. The van der Waals surface area contributed by atoms with Gasteiger partial charge in [0.05, 0.1) is 4.88 Å². The minimum Gasteiger partial charge on any atom is -0.379 e. The van der Waals surface area contributed by atoms with Crippen molar-refractivity contribution in [2.75, 3.05) is 5.32 Å². The van der Waals surface area contributed by atoms with E-state index in [1.54, 1.807) is 36.6 Å². The van der Waals surface area contributed by atoms with E-state index in [0.29, 0.717) is 12.2 Å². The Morgan fingerprint density at radius 2 is 2.30 bits per heavy atom. The topological polar surface area (TPSA) is 63.6 Å². The van der Waals surface area contributed by atoms with Crippen LogP contribution in [0.3, 0.4) is 0 Å². The maximum Gasteiger partial charge on any atom is 0.272 e. The smallest absolute Gasteiger partial charge is 0.272 e. The van der Waals surface area contributed by atoms with Crippen LogP contribution in [0.5, 0.6) is 0 Å². The van der Waals surface area contributed by atoms with Gasteiger partial charge in [-0.05, 0) is 30.5 Å². The molecule has 2 aromatic heterocycles. The van der Waals surface area contributed by atoms with Gasteiger partial charge in [0, 0.05) is 12.6 Å². The zero-order chi connectivity index (χ0) is 14.0. The first-order chi connectivity index (χ1) is 9.67. The largest absolute Gasteiger partial charge is 0.379 e. The predicted octanol–water partition coefficient (Wildman–Crippen LogP) is 2.66. The molecule has 0 saturated carbocycles. The van der Waals surface area contributed by atoms with Crippen LogP contribution in [-0.2, 0) is 9.63 Å². The molecule has 5 nitrogen and oxygen atoms in total. The van der Waals surface area contributed by atoms with Gasteiger partial charge < -0.3 is 10.2 Å². The highest BCUT2D eigenvalue weighted by molar-refractivity contribution is 7.12. The molecule has 0 fully saturated rings. The van der Waals surface area contributed by atoms with Crippen molar-refractivity contribution < 1.29 is 9.63 Å². The molecule has 0 spiro atoms. The number of nitrogens with one attached hydrogen (secondary N) is 1. The van der Waals surface area contributed by atoms with E-state index in [1.807, 2.05) is 23.6 Å². The molecule has 1 atom stereocenters. The lowest BCUT2D eigenvalue weighted by molar-refractivity contribution is -0.135. The summed E-state index contributed by atoms with van der Waals surface area (Å²) < 4.78 is 0. The molecule has 0 radical (unpaired) electrons. The van der Waals surface area contributed by atoms with E-state index in [0.717, 1.165) is 10.6 Å². The summed E-state index contributed by atoms with van der Waals surface area (Å²) in [6.07, 6.45) is 2.08. The molecule has 2 aromatic rings. The van der Waals surface area contributed by atoms with E-state index in [1.165, 1.54) is 0 Å². The average molecular weight is 287 g/mol. The van der Waals surface area contributed by atoms with Crippen LogP contribution in [0.1, 0.15) is 18.2 Å². The van der Waals surface area contributed by atoms with Crippen molar-refractivity contribution in [1.29, 1.82) is 0 Å². The maximum absolute atomic E-state index is 12.3. The van der Waals surface area contributed by atoms with E-state index in [2.05, 4.69) is 15.5 Å². The van der Waals surface area contributed by atoms with Crippen molar-refractivity contribution in [2.45, 2.75) is 18.9 Å². The van der Waals surface area contributed by atoms with Crippen LogP contribution in [0.4, 0.5) is 5.82 Å². The standard InChI is InChI=1S/C14H13N3O2S/c1-14(13(18)16-12-6-2-3-7-15-12)9-10(17-19-14)11-5-4-8-20-11/h2-8H,9H2,1H3,(H,15,16,18)/t14-/m1/s1. The maximum atomic E-state index is 12.3. The first-order valence-electron chi connectivity index (χ1n) is 6.19. The van der Waals surface area contributed by atoms with Crippen LogP contribution in [0.25, 0.3) is 0 Å². The fourth-order valence-corrected chi connectivity index (χ4v) is 2.63. The lowest BCUT2D eigenvalue weighted by atomic mass is 9.98. The zero-order valence-corrected chi connectivity index (χ0v) is 11.7. The third kappa shape index (κ3) is 2.42. The fourth-order valence-electron chi connectivity index (χ4n) is 1.92. The van der Waals surface area contributed by atoms with Crippen LogP contribution in [0.2, 0.25) is 0 Å². The summed E-state index contributed by atoms with van der Waals surface area (Å²) in [4.78, 5) is 22.8. The van der Waals surface area contributed by atoms with Crippen molar-refractivity contribution in [3.05, 3.63) is 46.8 Å². The molecule has 0 aliphatic carbocycles. The minimum atomic E-state index is -0.989. The molecule has 1 N–H and O–H groups in total. The van der Waals surface area contributed by atoms with E-state index in [9.17, 15) is 4.79 Å². The Morgan fingerprint density at radius 1 is 1.40 bits per heavy atom. The number of oxime groups is 1. The van der Waals surface area contributed by atoms with Gasteiger partial charge in [0.25, 0.3) is 5.91 Å². The Labute approximate surface area is 120 Å². The van der Waals surface area contributed by atoms with E-state index >= 15 is 0 Å². The summed E-state index contributed by atoms with van der Waals surface area (Å²) in [5, 5.41) is 8.76. The highest BCUT2D eigenvalue weighted by Gasteiger charge is 2.42. The number of rotatable bonds is 3. The molecule has 1 aliphatic rings. The molecule has 6 heteroatoms. The van der Waals surface area contributed by atoms with Gasteiger partial charge in [0.2, 0.25) is 5.60 Å². The summed E-state index contributed by atoms with van der Waals surface area (Å²) in [5.74, 6) is 0.262. The second-order valence-electron chi connectivity index (χ2n) is 4.68. The molecule has 20 heavy (non-hydrogen) atoms. The Morgan fingerprint density at radius 3 is 3.00 bits per heavy atom. The fraction of sp³-hybridized carbons (Fsp3) is 0.214. The summed E-state index contributed by atoms with van der Waals surface area (Å²) in [6.45, 7) is 1.73. The second-order valence-corrected chi connectivity index (χ2v) is 5.63. The average Bonchev–Trinajstić information content (AvgIpc) is 3.09. The molecule has 1 aliphatic heterocycles. The molecule has 0 unspecified atom stereocenters.